The number of nitriles is 2. The number of unbranched alkanes of at least 4 members (excludes halogenated alkanes) is 6. The van der Waals surface area contributed by atoms with Gasteiger partial charge in [-0.25, -0.2) is 0 Å². The van der Waals surface area contributed by atoms with Crippen molar-refractivity contribution in [3.05, 3.63) is 130 Å². The Morgan fingerprint density at radius 3 is 1.07 bits per heavy atom. The highest BCUT2D eigenvalue weighted by molar-refractivity contribution is 5.36. The van der Waals surface area contributed by atoms with Crippen LogP contribution in [0.3, 0.4) is 0 Å². The zero-order valence-corrected chi connectivity index (χ0v) is 24.8. The van der Waals surface area contributed by atoms with Gasteiger partial charge in [0, 0.05) is 0 Å². The third-order valence-corrected chi connectivity index (χ3v) is 7.47. The molecule has 0 radical (unpaired) electrons. The molecule has 4 nitrogen and oxygen atoms in total. The molecule has 0 saturated carbocycles. The van der Waals surface area contributed by atoms with Gasteiger partial charge in [-0.15, -0.1) is 0 Å². The fourth-order valence-corrected chi connectivity index (χ4v) is 4.88. The van der Waals surface area contributed by atoms with E-state index in [4.69, 9.17) is 20.0 Å². The van der Waals surface area contributed by atoms with Crippen LogP contribution in [0.4, 0.5) is 17.6 Å². The van der Waals surface area contributed by atoms with Crippen molar-refractivity contribution in [1.82, 2.24) is 0 Å². The van der Waals surface area contributed by atoms with Crippen LogP contribution < -0.4 is 9.47 Å². The highest BCUT2D eigenvalue weighted by atomic mass is 19.3. The zero-order chi connectivity index (χ0) is 32.1. The van der Waals surface area contributed by atoms with Gasteiger partial charge in [-0.05, 0) is 110 Å². The number of halogens is 4. The monoisotopic (exact) mass is 614 g/mol. The first-order valence-electron chi connectivity index (χ1n) is 15.0. The Labute approximate surface area is 261 Å². The van der Waals surface area contributed by atoms with Crippen LogP contribution >= 0.6 is 0 Å². The minimum Gasteiger partial charge on any atom is -0.429 e. The molecule has 45 heavy (non-hydrogen) atoms. The van der Waals surface area contributed by atoms with Crippen LogP contribution in [0.25, 0.3) is 0 Å². The van der Waals surface area contributed by atoms with Gasteiger partial charge >= 0.3 is 12.2 Å². The number of aryl methyl sites for hydroxylation is 2. The van der Waals surface area contributed by atoms with Gasteiger partial charge < -0.3 is 9.47 Å². The number of nitrogens with zero attached hydrogens (tertiary/aromatic N) is 2. The lowest BCUT2D eigenvalue weighted by Gasteiger charge is -2.18. The SMILES string of the molecule is N#Cc1ccc(OC(F)(F)c2ccc(CCCCCCCCCc3ccc(C(F)(F)Oc4ccc(C#N)cc4)cc3)cc2)cc1. The van der Waals surface area contributed by atoms with Gasteiger partial charge in [0.25, 0.3) is 0 Å². The van der Waals surface area contributed by atoms with Crippen LogP contribution in [-0.4, -0.2) is 0 Å². The Balaban J connectivity index is 1.08. The minimum atomic E-state index is -3.48. The molecule has 4 aromatic carbocycles. The quantitative estimate of drug-likeness (QED) is 0.0930. The minimum absolute atomic E-state index is 0.00639. The summed E-state index contributed by atoms with van der Waals surface area (Å²) >= 11 is 0. The van der Waals surface area contributed by atoms with Crippen LogP contribution in [-0.2, 0) is 25.1 Å². The Kier molecular flexibility index (Phi) is 11.6. The number of hydrogen-bond donors (Lipinski definition) is 0. The van der Waals surface area contributed by atoms with Crippen molar-refractivity contribution in [1.29, 1.82) is 10.5 Å². The Morgan fingerprint density at radius 2 is 0.756 bits per heavy atom. The van der Waals surface area contributed by atoms with Gasteiger partial charge in [0.2, 0.25) is 0 Å². The maximum absolute atomic E-state index is 14.6. The van der Waals surface area contributed by atoms with E-state index in [1.807, 2.05) is 12.1 Å². The van der Waals surface area contributed by atoms with E-state index in [0.29, 0.717) is 11.1 Å². The van der Waals surface area contributed by atoms with E-state index in [2.05, 4.69) is 0 Å². The Hall–Kier alpha value is -4.82. The molecule has 4 aromatic rings. The molecule has 0 N–H and O–H groups in total. The smallest absolute Gasteiger partial charge is 0.426 e. The molecular formula is C37H34F4N2O2. The van der Waals surface area contributed by atoms with Crippen molar-refractivity contribution in [3.8, 4) is 23.6 Å². The second kappa shape index (κ2) is 15.8. The molecule has 0 saturated heterocycles. The second-order valence-corrected chi connectivity index (χ2v) is 10.9. The van der Waals surface area contributed by atoms with Gasteiger partial charge in [-0.1, -0.05) is 56.4 Å². The summed E-state index contributed by atoms with van der Waals surface area (Å²) in [6, 6.07) is 27.4. The van der Waals surface area contributed by atoms with Crippen LogP contribution in [0, 0.1) is 22.7 Å². The number of hydrogen-bond acceptors (Lipinski definition) is 4. The Morgan fingerprint density at radius 1 is 0.444 bits per heavy atom. The first-order chi connectivity index (χ1) is 21.7. The van der Waals surface area contributed by atoms with Crippen molar-refractivity contribution < 1.29 is 27.0 Å². The van der Waals surface area contributed by atoms with E-state index in [1.54, 1.807) is 24.3 Å². The summed E-state index contributed by atoms with van der Waals surface area (Å²) in [4.78, 5) is 0. The highest BCUT2D eigenvalue weighted by Crippen LogP contribution is 2.33. The number of rotatable bonds is 16. The van der Waals surface area contributed by atoms with Gasteiger partial charge in [0.05, 0.1) is 34.4 Å². The van der Waals surface area contributed by atoms with Gasteiger partial charge in [0.1, 0.15) is 11.5 Å². The third-order valence-electron chi connectivity index (χ3n) is 7.47. The second-order valence-electron chi connectivity index (χ2n) is 10.9. The van der Waals surface area contributed by atoms with E-state index in [9.17, 15) is 17.6 Å². The number of ether oxygens (including phenoxy) is 2. The summed E-state index contributed by atoms with van der Waals surface area (Å²) in [5.41, 5.74) is 2.29. The first kappa shape index (κ1) is 33.1. The van der Waals surface area contributed by atoms with Crippen LogP contribution in [0.5, 0.6) is 11.5 Å². The summed E-state index contributed by atoms with van der Waals surface area (Å²) in [6.45, 7) is 0. The van der Waals surface area contributed by atoms with E-state index in [1.165, 1.54) is 72.8 Å². The molecule has 0 unspecified atom stereocenters. The molecule has 0 spiro atoms. The van der Waals surface area contributed by atoms with E-state index >= 15 is 0 Å². The molecule has 0 aliphatic rings. The largest absolute Gasteiger partial charge is 0.429 e. The van der Waals surface area contributed by atoms with Gasteiger partial charge in [-0.2, -0.15) is 28.1 Å². The van der Waals surface area contributed by atoms with Crippen molar-refractivity contribution >= 4 is 0 Å². The number of alkyl halides is 4. The number of benzene rings is 4. The summed E-state index contributed by atoms with van der Waals surface area (Å²) in [6.07, 6.45) is 2.03. The third kappa shape index (κ3) is 10.1. The Bertz CT molecular complexity index is 1450. The molecule has 0 aliphatic carbocycles. The van der Waals surface area contributed by atoms with Crippen molar-refractivity contribution in [2.75, 3.05) is 0 Å². The predicted molar refractivity (Wildman–Crippen MR) is 164 cm³/mol. The summed E-state index contributed by atoms with van der Waals surface area (Å²) in [5.74, 6) is -0.0128. The lowest BCUT2D eigenvalue weighted by molar-refractivity contribution is -0.186. The molecule has 0 heterocycles. The van der Waals surface area contributed by atoms with Crippen LogP contribution in [0.15, 0.2) is 97.1 Å². The topological polar surface area (TPSA) is 66.0 Å². The standard InChI is InChI=1S/C37H34F4N2O2/c38-36(39,44-34-22-14-30(26-42)15-23-34)32-18-10-28(11-19-32)8-6-4-2-1-3-5-7-9-29-12-20-33(21-13-29)37(40,41)45-35-24-16-31(27-43)17-25-35/h10-25H,1-9H2. The molecule has 0 aliphatic heterocycles. The fourth-order valence-electron chi connectivity index (χ4n) is 4.88. The molecule has 8 heteroatoms. The summed E-state index contributed by atoms with van der Waals surface area (Å²) < 4.78 is 67.9. The molecule has 232 valence electrons. The molecule has 4 rings (SSSR count). The normalized spacial score (nSPS) is 11.4. The molecule has 0 aromatic heterocycles. The van der Waals surface area contributed by atoms with Gasteiger partial charge in [0.15, 0.2) is 0 Å². The summed E-state index contributed by atoms with van der Waals surface area (Å²) in [7, 11) is 0. The van der Waals surface area contributed by atoms with Gasteiger partial charge in [-0.3, -0.25) is 0 Å². The predicted octanol–water partition coefficient (Wildman–Crippen LogP) is 10.2. The lowest BCUT2D eigenvalue weighted by atomic mass is 10.0. The molecule has 0 atom stereocenters. The molecule has 0 amide bonds. The lowest BCUT2D eigenvalue weighted by Crippen LogP contribution is -2.21. The van der Waals surface area contributed by atoms with Crippen molar-refractivity contribution in [2.24, 2.45) is 0 Å². The first-order valence-corrected chi connectivity index (χ1v) is 15.0. The fraction of sp³-hybridized carbons (Fsp3) is 0.297. The molecular weight excluding hydrogens is 580 g/mol. The van der Waals surface area contributed by atoms with Crippen molar-refractivity contribution in [3.63, 3.8) is 0 Å². The maximum Gasteiger partial charge on any atom is 0.426 e. The average molecular weight is 615 g/mol. The van der Waals surface area contributed by atoms with Crippen LogP contribution in [0.2, 0.25) is 0 Å². The van der Waals surface area contributed by atoms with Crippen molar-refractivity contribution in [2.45, 2.75) is 70.0 Å². The van der Waals surface area contributed by atoms with E-state index < -0.39 is 12.2 Å². The molecule has 0 fully saturated rings. The van der Waals surface area contributed by atoms with Crippen LogP contribution in [0.1, 0.15) is 78.3 Å². The highest BCUT2D eigenvalue weighted by Gasteiger charge is 2.35. The van der Waals surface area contributed by atoms with E-state index in [-0.39, 0.29) is 22.6 Å². The van der Waals surface area contributed by atoms with E-state index in [0.717, 1.165) is 68.9 Å². The zero-order valence-electron chi connectivity index (χ0n) is 24.8. The maximum atomic E-state index is 14.6. The molecule has 0 bridgehead atoms. The average Bonchev–Trinajstić information content (AvgIpc) is 3.05. The summed E-state index contributed by atoms with van der Waals surface area (Å²) in [5, 5.41) is 17.7.